The van der Waals surface area contributed by atoms with Crippen LogP contribution in [0.2, 0.25) is 0 Å². The van der Waals surface area contributed by atoms with Gasteiger partial charge < -0.3 is 15.5 Å². The maximum atomic E-state index is 4.69. The first kappa shape index (κ1) is 21.7. The molecule has 0 fully saturated rings. The minimum atomic E-state index is 0.130. The zero-order chi connectivity index (χ0) is 21.6. The van der Waals surface area contributed by atoms with E-state index in [1.165, 1.54) is 5.56 Å². The first-order chi connectivity index (χ1) is 14.3. The van der Waals surface area contributed by atoms with Gasteiger partial charge in [0.1, 0.15) is 5.82 Å². The molecule has 3 rings (SSSR count). The number of hydrogen-bond donors (Lipinski definition) is 2. The summed E-state index contributed by atoms with van der Waals surface area (Å²) < 4.78 is 0. The molecule has 158 valence electrons. The van der Waals surface area contributed by atoms with Gasteiger partial charge in [0.05, 0.1) is 5.69 Å². The van der Waals surface area contributed by atoms with Crippen LogP contribution in [0, 0.1) is 0 Å². The van der Waals surface area contributed by atoms with Crippen LogP contribution in [0.15, 0.2) is 54.9 Å². The highest BCUT2D eigenvalue weighted by Gasteiger charge is 2.13. The lowest BCUT2D eigenvalue weighted by molar-refractivity contribution is 0.405. The molecular weight excluding hydrogens is 372 g/mol. The first-order valence-electron chi connectivity index (χ1n) is 10.4. The van der Waals surface area contributed by atoms with Crippen molar-refractivity contribution in [1.29, 1.82) is 0 Å². The number of hydrogen-bond acceptors (Lipinski definition) is 6. The Morgan fingerprint density at radius 1 is 1.00 bits per heavy atom. The number of aromatic nitrogens is 3. The van der Waals surface area contributed by atoms with Gasteiger partial charge in [-0.05, 0) is 62.3 Å². The Morgan fingerprint density at radius 2 is 1.77 bits per heavy atom. The first-order valence-corrected chi connectivity index (χ1v) is 10.4. The monoisotopic (exact) mass is 404 g/mol. The molecule has 0 aliphatic carbocycles. The average Bonchev–Trinajstić information content (AvgIpc) is 2.71. The molecular formula is C24H32N6. The molecule has 0 bridgehead atoms. The fourth-order valence-electron chi connectivity index (χ4n) is 3.05. The largest absolute Gasteiger partial charge is 0.354 e. The molecule has 0 saturated heterocycles. The van der Waals surface area contributed by atoms with Crippen molar-refractivity contribution in [3.63, 3.8) is 0 Å². The highest BCUT2D eigenvalue weighted by molar-refractivity contribution is 5.67. The summed E-state index contributed by atoms with van der Waals surface area (Å²) in [6.07, 6.45) is 4.60. The van der Waals surface area contributed by atoms with Crippen LogP contribution in [0.3, 0.4) is 0 Å². The summed E-state index contributed by atoms with van der Waals surface area (Å²) in [6.45, 7) is 8.48. The molecule has 6 heteroatoms. The van der Waals surface area contributed by atoms with Crippen molar-refractivity contribution in [3.8, 4) is 11.3 Å². The SMILES string of the molecule is CN(C)CCCNc1nc(Nc2ccc(C(C)(C)C)cc2)cc(-c2cccnc2)n1. The smallest absolute Gasteiger partial charge is 0.225 e. The number of anilines is 3. The van der Waals surface area contributed by atoms with E-state index in [2.05, 4.69) is 84.6 Å². The zero-order valence-corrected chi connectivity index (χ0v) is 18.6. The molecule has 1 aromatic carbocycles. The Hall–Kier alpha value is -2.99. The third-order valence-corrected chi connectivity index (χ3v) is 4.77. The second-order valence-electron chi connectivity index (χ2n) is 8.74. The molecule has 2 heterocycles. The number of nitrogens with zero attached hydrogens (tertiary/aromatic N) is 4. The van der Waals surface area contributed by atoms with E-state index < -0.39 is 0 Å². The van der Waals surface area contributed by atoms with Crippen LogP contribution in [0.1, 0.15) is 32.8 Å². The molecule has 0 spiro atoms. The molecule has 0 unspecified atom stereocenters. The average molecular weight is 405 g/mol. The van der Waals surface area contributed by atoms with Gasteiger partial charge in [-0.15, -0.1) is 0 Å². The summed E-state index contributed by atoms with van der Waals surface area (Å²) in [5, 5.41) is 6.78. The van der Waals surface area contributed by atoms with Crippen LogP contribution >= 0.6 is 0 Å². The van der Waals surface area contributed by atoms with Gasteiger partial charge in [-0.3, -0.25) is 4.98 Å². The Balaban J connectivity index is 1.82. The summed E-state index contributed by atoms with van der Waals surface area (Å²) in [4.78, 5) is 15.8. The number of benzene rings is 1. The highest BCUT2D eigenvalue weighted by atomic mass is 15.1. The molecule has 0 saturated carbocycles. The van der Waals surface area contributed by atoms with Crippen molar-refractivity contribution in [2.45, 2.75) is 32.6 Å². The van der Waals surface area contributed by atoms with Gasteiger partial charge in [0.15, 0.2) is 0 Å². The molecule has 2 N–H and O–H groups in total. The fraction of sp³-hybridized carbons (Fsp3) is 0.375. The van der Waals surface area contributed by atoms with Gasteiger partial charge in [-0.2, -0.15) is 4.98 Å². The third-order valence-electron chi connectivity index (χ3n) is 4.77. The molecule has 3 aromatic rings. The second-order valence-corrected chi connectivity index (χ2v) is 8.74. The van der Waals surface area contributed by atoms with Crippen LogP contribution in [0.4, 0.5) is 17.5 Å². The van der Waals surface area contributed by atoms with E-state index in [1.54, 1.807) is 6.20 Å². The molecule has 0 radical (unpaired) electrons. The summed E-state index contributed by atoms with van der Waals surface area (Å²) in [5.74, 6) is 1.37. The van der Waals surface area contributed by atoms with Crippen molar-refractivity contribution in [1.82, 2.24) is 19.9 Å². The quantitative estimate of drug-likeness (QED) is 0.518. The normalized spacial score (nSPS) is 11.5. The Bertz CT molecular complexity index is 930. The number of pyridine rings is 1. The van der Waals surface area contributed by atoms with Crippen LogP contribution in [-0.4, -0.2) is 47.0 Å². The Morgan fingerprint density at radius 3 is 2.40 bits per heavy atom. The van der Waals surface area contributed by atoms with E-state index in [0.29, 0.717) is 5.95 Å². The third kappa shape index (κ3) is 6.26. The Labute approximate surface area is 179 Å². The summed E-state index contributed by atoms with van der Waals surface area (Å²) in [5.41, 5.74) is 4.22. The van der Waals surface area contributed by atoms with E-state index >= 15 is 0 Å². The van der Waals surface area contributed by atoms with E-state index in [0.717, 1.165) is 42.3 Å². The van der Waals surface area contributed by atoms with E-state index in [4.69, 9.17) is 4.98 Å². The van der Waals surface area contributed by atoms with Crippen LogP contribution in [-0.2, 0) is 5.41 Å². The van der Waals surface area contributed by atoms with Gasteiger partial charge in [0, 0.05) is 36.3 Å². The topological polar surface area (TPSA) is 66.0 Å². The van der Waals surface area contributed by atoms with Gasteiger partial charge in [0.25, 0.3) is 0 Å². The fourth-order valence-corrected chi connectivity index (χ4v) is 3.05. The van der Waals surface area contributed by atoms with Gasteiger partial charge in [-0.25, -0.2) is 4.98 Å². The lowest BCUT2D eigenvalue weighted by Gasteiger charge is -2.19. The van der Waals surface area contributed by atoms with Crippen LogP contribution in [0.25, 0.3) is 11.3 Å². The minimum Gasteiger partial charge on any atom is -0.354 e. The van der Waals surface area contributed by atoms with E-state index in [-0.39, 0.29) is 5.41 Å². The lowest BCUT2D eigenvalue weighted by atomic mass is 9.87. The molecule has 0 atom stereocenters. The molecule has 0 aliphatic rings. The standard InChI is InChI=1S/C24H32N6/c1-24(2,3)19-9-11-20(12-10-19)27-22-16-21(18-8-6-13-25-17-18)28-23(29-22)26-14-7-15-30(4)5/h6,8-13,16-17H,7,14-15H2,1-5H3,(H2,26,27,28,29). The second kappa shape index (κ2) is 9.67. The highest BCUT2D eigenvalue weighted by Crippen LogP contribution is 2.26. The Kier molecular flexibility index (Phi) is 7.00. The van der Waals surface area contributed by atoms with Gasteiger partial charge >= 0.3 is 0 Å². The molecule has 0 aliphatic heterocycles. The van der Waals surface area contributed by atoms with E-state index in [1.807, 2.05) is 24.4 Å². The molecule has 30 heavy (non-hydrogen) atoms. The van der Waals surface area contributed by atoms with Gasteiger partial charge in [0.2, 0.25) is 5.95 Å². The molecule has 0 amide bonds. The lowest BCUT2D eigenvalue weighted by Crippen LogP contribution is -2.17. The van der Waals surface area contributed by atoms with Crippen molar-refractivity contribution < 1.29 is 0 Å². The van der Waals surface area contributed by atoms with E-state index in [9.17, 15) is 0 Å². The predicted octanol–water partition coefficient (Wildman–Crippen LogP) is 4.94. The summed E-state index contributed by atoms with van der Waals surface area (Å²) in [7, 11) is 4.15. The maximum absolute atomic E-state index is 4.69. The summed E-state index contributed by atoms with van der Waals surface area (Å²) >= 11 is 0. The van der Waals surface area contributed by atoms with Crippen molar-refractivity contribution in [3.05, 3.63) is 60.4 Å². The van der Waals surface area contributed by atoms with Crippen molar-refractivity contribution >= 4 is 17.5 Å². The number of nitrogens with one attached hydrogen (secondary N) is 2. The van der Waals surface area contributed by atoms with Crippen LogP contribution < -0.4 is 10.6 Å². The van der Waals surface area contributed by atoms with Crippen molar-refractivity contribution in [2.24, 2.45) is 0 Å². The summed E-state index contributed by atoms with van der Waals surface area (Å²) in [6, 6.07) is 14.4. The molecule has 2 aromatic heterocycles. The zero-order valence-electron chi connectivity index (χ0n) is 18.6. The number of rotatable bonds is 8. The minimum absolute atomic E-state index is 0.130. The molecule has 6 nitrogen and oxygen atoms in total. The maximum Gasteiger partial charge on any atom is 0.225 e. The predicted molar refractivity (Wildman–Crippen MR) is 125 cm³/mol. The van der Waals surface area contributed by atoms with Crippen LogP contribution in [0.5, 0.6) is 0 Å². The van der Waals surface area contributed by atoms with Gasteiger partial charge in [-0.1, -0.05) is 32.9 Å². The van der Waals surface area contributed by atoms with Crippen molar-refractivity contribution in [2.75, 3.05) is 37.8 Å².